The largest absolute Gasteiger partial charge is 0.369 e. The average molecular weight is 337 g/mol. The molecule has 1 saturated heterocycles. The smallest absolute Gasteiger partial charge is 0.259 e. The molecule has 130 valence electrons. The molecule has 2 aromatic heterocycles. The number of para-hydroxylation sites is 1. The predicted molar refractivity (Wildman–Crippen MR) is 98.1 cm³/mol. The Labute approximate surface area is 147 Å². The molecule has 1 fully saturated rings. The van der Waals surface area contributed by atoms with Crippen molar-refractivity contribution in [3.8, 4) is 0 Å². The minimum atomic E-state index is 0.0726. The van der Waals surface area contributed by atoms with E-state index >= 15 is 0 Å². The molecule has 3 aromatic rings. The van der Waals surface area contributed by atoms with Gasteiger partial charge >= 0.3 is 0 Å². The van der Waals surface area contributed by atoms with E-state index in [0.717, 1.165) is 38.2 Å². The molecule has 25 heavy (non-hydrogen) atoms. The van der Waals surface area contributed by atoms with E-state index in [1.54, 1.807) is 10.7 Å². The minimum absolute atomic E-state index is 0.0726. The Bertz CT molecular complexity index is 910. The van der Waals surface area contributed by atoms with Gasteiger partial charge < -0.3 is 14.4 Å². The number of fused-ring (bicyclic) bond motifs is 1. The number of imidazole rings is 1. The Morgan fingerprint density at radius 3 is 2.76 bits per heavy atom. The highest BCUT2D eigenvalue weighted by Gasteiger charge is 2.24. The van der Waals surface area contributed by atoms with Crippen molar-refractivity contribution in [3.63, 3.8) is 0 Å². The monoisotopic (exact) mass is 337 g/mol. The predicted octanol–water partition coefficient (Wildman–Crippen LogP) is 2.33. The molecular weight excluding hydrogens is 314 g/mol. The number of hydrogen-bond donors (Lipinski definition) is 0. The maximum absolute atomic E-state index is 13.0. The van der Waals surface area contributed by atoms with Gasteiger partial charge in [0.15, 0.2) is 0 Å². The highest BCUT2D eigenvalue weighted by molar-refractivity contribution is 5.99. The second-order valence-electron chi connectivity index (χ2n) is 6.65. The van der Waals surface area contributed by atoms with Crippen LogP contribution >= 0.6 is 0 Å². The highest BCUT2D eigenvalue weighted by atomic mass is 16.2. The molecule has 0 radical (unpaired) electrons. The molecule has 0 N–H and O–H groups in total. The number of aromatic nitrogens is 3. The molecule has 0 unspecified atom stereocenters. The standard InChI is InChI=1S/C19H23N5O/c1-15-6-3-4-7-17(15)22-8-5-9-23(12-11-22)19(25)16-14-20-24-13-10-21(2)18(16)24/h3-4,6-7,10,13-14H,5,8-9,11-12H2,1-2H3. The minimum Gasteiger partial charge on any atom is -0.369 e. The van der Waals surface area contributed by atoms with Crippen LogP contribution in [0.3, 0.4) is 0 Å². The molecule has 3 heterocycles. The van der Waals surface area contributed by atoms with Gasteiger partial charge in [-0.3, -0.25) is 4.79 Å². The van der Waals surface area contributed by atoms with Gasteiger partial charge in [0.25, 0.3) is 5.91 Å². The summed E-state index contributed by atoms with van der Waals surface area (Å²) in [5.74, 6) is 0.0726. The van der Waals surface area contributed by atoms with E-state index in [0.29, 0.717) is 5.56 Å². The third-order valence-corrected chi connectivity index (χ3v) is 5.00. The Kier molecular flexibility index (Phi) is 3.95. The van der Waals surface area contributed by atoms with Gasteiger partial charge in [-0.05, 0) is 25.0 Å². The van der Waals surface area contributed by atoms with Crippen LogP contribution in [0.15, 0.2) is 42.9 Å². The molecule has 1 aromatic carbocycles. The topological polar surface area (TPSA) is 45.8 Å². The van der Waals surface area contributed by atoms with E-state index in [-0.39, 0.29) is 5.91 Å². The second-order valence-corrected chi connectivity index (χ2v) is 6.65. The Morgan fingerprint density at radius 1 is 1.08 bits per heavy atom. The number of amides is 1. The van der Waals surface area contributed by atoms with Crippen LogP contribution in [0.25, 0.3) is 5.65 Å². The summed E-state index contributed by atoms with van der Waals surface area (Å²) in [5, 5.41) is 4.29. The molecule has 6 heteroatoms. The fraction of sp³-hybridized carbons (Fsp3) is 0.368. The lowest BCUT2D eigenvalue weighted by Crippen LogP contribution is -2.35. The van der Waals surface area contributed by atoms with Crippen LogP contribution in [0, 0.1) is 6.92 Å². The molecule has 0 bridgehead atoms. The van der Waals surface area contributed by atoms with Crippen molar-refractivity contribution in [2.45, 2.75) is 13.3 Å². The van der Waals surface area contributed by atoms with Gasteiger partial charge in [-0.25, -0.2) is 4.52 Å². The summed E-state index contributed by atoms with van der Waals surface area (Å²) in [6.07, 6.45) is 6.44. The third kappa shape index (κ3) is 2.77. The second kappa shape index (κ2) is 6.27. The van der Waals surface area contributed by atoms with Crippen LogP contribution < -0.4 is 4.90 Å². The van der Waals surface area contributed by atoms with Crippen LogP contribution in [0.2, 0.25) is 0 Å². The molecule has 0 spiro atoms. The fourth-order valence-electron chi connectivity index (χ4n) is 3.65. The number of nitrogens with zero attached hydrogens (tertiary/aromatic N) is 5. The molecule has 0 aliphatic carbocycles. The SMILES string of the molecule is Cc1ccccc1N1CCCN(C(=O)c2cnn3ccn(C)c23)CC1. The molecule has 4 rings (SSSR count). The number of carbonyl (C=O) groups excluding carboxylic acids is 1. The van der Waals surface area contributed by atoms with Gasteiger partial charge in [0.1, 0.15) is 11.2 Å². The Balaban J connectivity index is 1.54. The van der Waals surface area contributed by atoms with Crippen molar-refractivity contribution >= 4 is 17.2 Å². The summed E-state index contributed by atoms with van der Waals surface area (Å²) in [7, 11) is 1.94. The molecule has 1 aliphatic heterocycles. The van der Waals surface area contributed by atoms with Gasteiger partial charge in [0.2, 0.25) is 0 Å². The van der Waals surface area contributed by atoms with Crippen LogP contribution in [-0.4, -0.2) is 51.2 Å². The normalized spacial score (nSPS) is 15.6. The van der Waals surface area contributed by atoms with Gasteiger partial charge in [0, 0.05) is 51.3 Å². The molecule has 1 amide bonds. The number of aryl methyl sites for hydroxylation is 2. The van der Waals surface area contributed by atoms with Crippen molar-refractivity contribution in [3.05, 3.63) is 54.0 Å². The summed E-state index contributed by atoms with van der Waals surface area (Å²) < 4.78 is 3.70. The molecular formula is C19H23N5O. The van der Waals surface area contributed by atoms with Gasteiger partial charge in [-0.15, -0.1) is 0 Å². The van der Waals surface area contributed by atoms with Crippen molar-refractivity contribution in [1.82, 2.24) is 19.1 Å². The van der Waals surface area contributed by atoms with E-state index in [2.05, 4.69) is 41.2 Å². The van der Waals surface area contributed by atoms with Gasteiger partial charge in [-0.2, -0.15) is 5.10 Å². The van der Waals surface area contributed by atoms with E-state index in [1.165, 1.54) is 11.3 Å². The zero-order valence-corrected chi connectivity index (χ0v) is 14.7. The Morgan fingerprint density at radius 2 is 1.92 bits per heavy atom. The summed E-state index contributed by atoms with van der Waals surface area (Å²) in [4.78, 5) is 17.4. The van der Waals surface area contributed by atoms with Crippen LogP contribution in [0.4, 0.5) is 5.69 Å². The van der Waals surface area contributed by atoms with E-state index in [4.69, 9.17) is 0 Å². The summed E-state index contributed by atoms with van der Waals surface area (Å²) in [5.41, 5.74) is 4.08. The van der Waals surface area contributed by atoms with E-state index < -0.39 is 0 Å². The third-order valence-electron chi connectivity index (χ3n) is 5.00. The lowest BCUT2D eigenvalue weighted by Gasteiger charge is -2.25. The van der Waals surface area contributed by atoms with Crippen LogP contribution in [-0.2, 0) is 7.05 Å². The lowest BCUT2D eigenvalue weighted by atomic mass is 10.2. The molecule has 1 aliphatic rings. The molecule has 0 atom stereocenters. The summed E-state index contributed by atoms with van der Waals surface area (Å²) >= 11 is 0. The maximum atomic E-state index is 13.0. The molecule has 0 saturated carbocycles. The van der Waals surface area contributed by atoms with Gasteiger partial charge in [0.05, 0.1) is 6.20 Å². The zero-order chi connectivity index (χ0) is 17.4. The summed E-state index contributed by atoms with van der Waals surface area (Å²) in [6.45, 7) is 5.48. The first kappa shape index (κ1) is 15.7. The maximum Gasteiger partial charge on any atom is 0.259 e. The van der Waals surface area contributed by atoms with Crippen molar-refractivity contribution in [2.24, 2.45) is 7.05 Å². The van der Waals surface area contributed by atoms with E-state index in [9.17, 15) is 4.79 Å². The number of hydrogen-bond acceptors (Lipinski definition) is 3. The number of anilines is 1. The zero-order valence-electron chi connectivity index (χ0n) is 14.7. The van der Waals surface area contributed by atoms with Crippen molar-refractivity contribution in [1.29, 1.82) is 0 Å². The average Bonchev–Trinajstić information content (AvgIpc) is 3.10. The van der Waals surface area contributed by atoms with Crippen LogP contribution in [0.1, 0.15) is 22.3 Å². The van der Waals surface area contributed by atoms with Crippen molar-refractivity contribution in [2.75, 3.05) is 31.1 Å². The summed E-state index contributed by atoms with van der Waals surface area (Å²) in [6, 6.07) is 8.45. The number of benzene rings is 1. The van der Waals surface area contributed by atoms with Gasteiger partial charge in [-0.1, -0.05) is 18.2 Å². The fourth-order valence-corrected chi connectivity index (χ4v) is 3.65. The quantitative estimate of drug-likeness (QED) is 0.721. The first-order valence-corrected chi connectivity index (χ1v) is 8.73. The van der Waals surface area contributed by atoms with Crippen LogP contribution in [0.5, 0.6) is 0 Å². The lowest BCUT2D eigenvalue weighted by molar-refractivity contribution is 0.0768. The first-order chi connectivity index (χ1) is 12.1. The van der Waals surface area contributed by atoms with E-state index in [1.807, 2.05) is 28.9 Å². The molecule has 6 nitrogen and oxygen atoms in total. The number of rotatable bonds is 2. The number of carbonyl (C=O) groups is 1. The first-order valence-electron chi connectivity index (χ1n) is 8.73. The Hall–Kier alpha value is -2.76. The van der Waals surface area contributed by atoms with Crippen molar-refractivity contribution < 1.29 is 4.79 Å². The highest BCUT2D eigenvalue weighted by Crippen LogP contribution is 2.22.